The van der Waals surface area contributed by atoms with Gasteiger partial charge in [0.25, 0.3) is 11.6 Å². The Balaban J connectivity index is 1.59. The quantitative estimate of drug-likeness (QED) is 0.473. The number of aliphatic hydroxyl groups is 1. The second-order valence-corrected chi connectivity index (χ2v) is 10.9. The maximum absolute atomic E-state index is 13.7. The second-order valence-electron chi connectivity index (χ2n) is 9.95. The largest absolute Gasteiger partial charge is 0.359 e. The summed E-state index contributed by atoms with van der Waals surface area (Å²) in [7, 11) is 0. The van der Waals surface area contributed by atoms with E-state index in [0.29, 0.717) is 28.0 Å². The van der Waals surface area contributed by atoms with Crippen molar-refractivity contribution in [3.8, 4) is 0 Å². The zero-order valence-corrected chi connectivity index (χ0v) is 22.3. The predicted octanol–water partition coefficient (Wildman–Crippen LogP) is 4.69. The molecule has 2 heterocycles. The molecule has 7 nitrogen and oxygen atoms in total. The number of hydrogen-bond acceptors (Lipinski definition) is 4. The first-order chi connectivity index (χ1) is 16.7. The summed E-state index contributed by atoms with van der Waals surface area (Å²) in [5.41, 5.74) is 0.0748. The molecule has 0 radical (unpaired) electrons. The van der Waals surface area contributed by atoms with Crippen LogP contribution in [0.5, 0.6) is 0 Å². The van der Waals surface area contributed by atoms with Crippen molar-refractivity contribution < 1.29 is 14.7 Å². The topological polar surface area (TPSA) is 84.9 Å². The number of aryl methyl sites for hydroxylation is 1. The Kier molecular flexibility index (Phi) is 7.83. The third-order valence-electron chi connectivity index (χ3n) is 7.10. The predicted molar refractivity (Wildman–Crippen MR) is 142 cm³/mol. The van der Waals surface area contributed by atoms with Crippen molar-refractivity contribution in [1.29, 1.82) is 0 Å². The van der Waals surface area contributed by atoms with Crippen LogP contribution in [0.1, 0.15) is 44.7 Å². The van der Waals surface area contributed by atoms with Gasteiger partial charge >= 0.3 is 6.03 Å². The van der Waals surface area contributed by atoms with Gasteiger partial charge in [0.05, 0.1) is 5.69 Å². The number of anilines is 2. The van der Waals surface area contributed by atoms with E-state index in [-0.39, 0.29) is 5.92 Å². The Bertz CT molecular complexity index is 1070. The lowest BCUT2D eigenvalue weighted by Crippen LogP contribution is -2.63. The van der Waals surface area contributed by atoms with E-state index in [0.717, 1.165) is 42.4 Å². The van der Waals surface area contributed by atoms with Crippen LogP contribution in [0.3, 0.4) is 0 Å². The highest BCUT2D eigenvalue weighted by Gasteiger charge is 2.52. The van der Waals surface area contributed by atoms with Crippen LogP contribution in [0.2, 0.25) is 0 Å². The van der Waals surface area contributed by atoms with Gasteiger partial charge < -0.3 is 20.6 Å². The van der Waals surface area contributed by atoms with E-state index in [9.17, 15) is 14.7 Å². The lowest BCUT2D eigenvalue weighted by Gasteiger charge is -2.43. The molecule has 2 aliphatic heterocycles. The number of fused-ring (bicyclic) bond motifs is 1. The maximum Gasteiger partial charge on any atom is 0.329 e. The number of carbonyl (C=O) groups is 2. The average Bonchev–Trinajstić information content (AvgIpc) is 2.85. The zero-order valence-electron chi connectivity index (χ0n) is 20.7. The molecule has 3 amide bonds. The number of likely N-dealkylation sites (tertiary alicyclic amines) is 1. The molecule has 0 aliphatic carbocycles. The third kappa shape index (κ3) is 5.39. The van der Waals surface area contributed by atoms with Crippen LogP contribution in [-0.4, -0.2) is 48.1 Å². The van der Waals surface area contributed by atoms with Crippen LogP contribution in [0.15, 0.2) is 46.9 Å². The molecule has 0 bridgehead atoms. The molecule has 3 N–H and O–H groups in total. The second kappa shape index (κ2) is 10.7. The van der Waals surface area contributed by atoms with Crippen LogP contribution in [0.25, 0.3) is 0 Å². The Morgan fingerprint density at radius 3 is 2.57 bits per heavy atom. The van der Waals surface area contributed by atoms with Gasteiger partial charge in [-0.1, -0.05) is 48.8 Å². The molecule has 1 saturated heterocycles. The normalized spacial score (nSPS) is 21.9. The first-order valence-electron chi connectivity index (χ1n) is 12.5. The first-order valence-corrected chi connectivity index (χ1v) is 13.2. The summed E-state index contributed by atoms with van der Waals surface area (Å²) in [5.74, 6) is 0.350. The van der Waals surface area contributed by atoms with Gasteiger partial charge in [0.2, 0.25) is 0 Å². The molecule has 4 rings (SSSR count). The van der Waals surface area contributed by atoms with Gasteiger partial charge in [0, 0.05) is 28.8 Å². The van der Waals surface area contributed by atoms with E-state index in [4.69, 9.17) is 0 Å². The fourth-order valence-electron chi connectivity index (χ4n) is 4.90. The fraction of sp³-hybridized carbons (Fsp3) is 0.481. The molecular formula is C27H35BrN4O3. The van der Waals surface area contributed by atoms with Crippen molar-refractivity contribution in [3.05, 3.63) is 58.1 Å². The van der Waals surface area contributed by atoms with Gasteiger partial charge in [0.15, 0.2) is 0 Å². The number of nitrogens with zero attached hydrogens (tertiary/aromatic N) is 2. The molecule has 188 valence electrons. The van der Waals surface area contributed by atoms with Crippen LogP contribution in [0.4, 0.5) is 16.2 Å². The Morgan fingerprint density at radius 2 is 1.91 bits per heavy atom. The van der Waals surface area contributed by atoms with E-state index in [2.05, 4.69) is 45.3 Å². The van der Waals surface area contributed by atoms with Gasteiger partial charge in [-0.2, -0.15) is 0 Å². The number of halogens is 1. The van der Waals surface area contributed by atoms with E-state index in [1.54, 1.807) is 30.3 Å². The molecule has 8 heteroatoms. The number of nitrogens with one attached hydrogen (secondary N) is 2. The highest BCUT2D eigenvalue weighted by Crippen LogP contribution is 2.41. The number of piperidine rings is 1. The average molecular weight is 544 g/mol. The van der Waals surface area contributed by atoms with Crippen molar-refractivity contribution in [1.82, 2.24) is 10.2 Å². The highest BCUT2D eigenvalue weighted by atomic mass is 79.9. The Morgan fingerprint density at radius 1 is 1.23 bits per heavy atom. The molecule has 2 aromatic carbocycles. The van der Waals surface area contributed by atoms with Crippen LogP contribution >= 0.6 is 15.9 Å². The monoisotopic (exact) mass is 542 g/mol. The van der Waals surface area contributed by atoms with Crippen molar-refractivity contribution in [2.75, 3.05) is 36.4 Å². The van der Waals surface area contributed by atoms with E-state index < -0.39 is 17.7 Å². The van der Waals surface area contributed by atoms with E-state index in [1.165, 1.54) is 12.8 Å². The van der Waals surface area contributed by atoms with Crippen molar-refractivity contribution >= 4 is 39.2 Å². The van der Waals surface area contributed by atoms with Crippen molar-refractivity contribution in [2.45, 2.75) is 45.8 Å². The molecule has 0 saturated carbocycles. The van der Waals surface area contributed by atoms with Gasteiger partial charge in [-0.05, 0) is 80.1 Å². The molecule has 2 atom stereocenters. The van der Waals surface area contributed by atoms with Gasteiger partial charge in [-0.25, -0.2) is 4.79 Å². The Labute approximate surface area is 216 Å². The maximum atomic E-state index is 13.7. The number of rotatable bonds is 7. The summed E-state index contributed by atoms with van der Waals surface area (Å²) < 4.78 is 0.701. The highest BCUT2D eigenvalue weighted by molar-refractivity contribution is 9.10. The van der Waals surface area contributed by atoms with Crippen LogP contribution < -0.4 is 15.5 Å². The third-order valence-corrected chi connectivity index (χ3v) is 7.60. The van der Waals surface area contributed by atoms with E-state index >= 15 is 0 Å². The lowest BCUT2D eigenvalue weighted by atomic mass is 9.94. The van der Waals surface area contributed by atoms with Crippen LogP contribution in [-0.2, 0) is 16.9 Å². The summed E-state index contributed by atoms with van der Waals surface area (Å²) in [6.45, 7) is 9.88. The summed E-state index contributed by atoms with van der Waals surface area (Å²) >= 11 is 3.44. The Hall–Kier alpha value is -2.42. The SMILES string of the molecule is CCc1ccc(N2C(=O)Nc3ccc(Br)cc3[C@@]2(O)C(=O)NC[C@H](C)CN2CCC(C)CC2)cc1. The van der Waals surface area contributed by atoms with Crippen molar-refractivity contribution in [2.24, 2.45) is 11.8 Å². The van der Waals surface area contributed by atoms with Crippen LogP contribution in [0, 0.1) is 11.8 Å². The molecule has 1 fully saturated rings. The smallest absolute Gasteiger partial charge is 0.329 e. The molecule has 0 unspecified atom stereocenters. The summed E-state index contributed by atoms with van der Waals surface area (Å²) in [6, 6.07) is 11.9. The van der Waals surface area contributed by atoms with Crippen molar-refractivity contribution in [3.63, 3.8) is 0 Å². The summed E-state index contributed by atoms with van der Waals surface area (Å²) in [5, 5.41) is 17.8. The minimum Gasteiger partial charge on any atom is -0.359 e. The minimum absolute atomic E-state index is 0.202. The zero-order chi connectivity index (χ0) is 25.2. The van der Waals surface area contributed by atoms with Gasteiger partial charge in [0.1, 0.15) is 0 Å². The minimum atomic E-state index is -2.20. The molecule has 0 spiro atoms. The number of amides is 3. The first kappa shape index (κ1) is 25.7. The molecular weight excluding hydrogens is 508 g/mol. The number of benzene rings is 2. The van der Waals surface area contributed by atoms with Gasteiger partial charge in [-0.15, -0.1) is 0 Å². The number of urea groups is 1. The fourth-order valence-corrected chi connectivity index (χ4v) is 5.26. The summed E-state index contributed by atoms with van der Waals surface area (Å²) in [6.07, 6.45) is 3.25. The van der Waals surface area contributed by atoms with Gasteiger partial charge in [-0.3, -0.25) is 9.69 Å². The molecule has 2 aromatic rings. The summed E-state index contributed by atoms with van der Waals surface area (Å²) in [4.78, 5) is 30.5. The number of carbonyl (C=O) groups excluding carboxylic acids is 2. The lowest BCUT2D eigenvalue weighted by molar-refractivity contribution is -0.140. The molecule has 0 aromatic heterocycles. The number of hydrogen-bond donors (Lipinski definition) is 3. The molecule has 35 heavy (non-hydrogen) atoms. The standard InChI is InChI=1S/C27H35BrN4O3/c1-4-20-5-8-22(9-6-20)32-26(34)30-24-10-7-21(28)15-23(24)27(32,35)25(33)29-16-19(3)17-31-13-11-18(2)12-14-31/h5-10,15,18-19,35H,4,11-14,16-17H2,1-3H3,(H,29,33)(H,30,34)/t19-,27+/m0/s1. The molecule has 2 aliphatic rings. The van der Waals surface area contributed by atoms with E-state index in [1.807, 2.05) is 19.1 Å².